The first-order valence-electron chi connectivity index (χ1n) is 24.5. The predicted octanol–water partition coefficient (Wildman–Crippen LogP) is 10.6. The highest BCUT2D eigenvalue weighted by molar-refractivity contribution is 7.85. The average Bonchev–Trinajstić information content (AvgIpc) is 3.24. The molecule has 1 saturated heterocycles. The van der Waals surface area contributed by atoms with Crippen molar-refractivity contribution >= 4 is 22.1 Å². The third kappa shape index (κ3) is 33.4. The molecule has 0 aromatic rings. The van der Waals surface area contributed by atoms with Gasteiger partial charge in [-0.3, -0.25) is 14.1 Å². The van der Waals surface area contributed by atoms with Gasteiger partial charge in [0.2, 0.25) is 0 Å². The summed E-state index contributed by atoms with van der Waals surface area (Å²) in [6, 6.07) is 0. The summed E-state index contributed by atoms with van der Waals surface area (Å²) >= 11 is 0. The molecule has 4 N–H and O–H groups in total. The SMILES string of the molecule is CCCCC/C=C/C/C=C/CCCCCCCCCC(=O)O[C@H](COC(=O)CCCCCCCCC/C=C/CCCCCCCC)CO[C@H]1O[C@H](CS(=O)(=O)O)[C@@H](O)C(O)C1O. The van der Waals surface area contributed by atoms with Crippen molar-refractivity contribution in [2.24, 2.45) is 0 Å². The van der Waals surface area contributed by atoms with Crippen LogP contribution in [0.2, 0.25) is 0 Å². The minimum Gasteiger partial charge on any atom is -0.462 e. The van der Waals surface area contributed by atoms with Crippen molar-refractivity contribution < 1.29 is 56.8 Å². The van der Waals surface area contributed by atoms with E-state index >= 15 is 0 Å². The average molecular weight is 901 g/mol. The monoisotopic (exact) mass is 901 g/mol. The molecule has 0 bridgehead atoms. The Morgan fingerprint density at radius 1 is 0.548 bits per heavy atom. The van der Waals surface area contributed by atoms with Crippen LogP contribution in [0, 0.1) is 0 Å². The fourth-order valence-corrected chi connectivity index (χ4v) is 8.04. The van der Waals surface area contributed by atoms with Crippen molar-refractivity contribution in [2.75, 3.05) is 19.0 Å². The number of carbonyl (C=O) groups is 2. The summed E-state index contributed by atoms with van der Waals surface area (Å²) in [4.78, 5) is 25.5. The third-order valence-electron chi connectivity index (χ3n) is 11.2. The van der Waals surface area contributed by atoms with Crippen LogP contribution in [0.15, 0.2) is 36.5 Å². The molecule has 0 aromatic heterocycles. The molecule has 0 aromatic carbocycles. The van der Waals surface area contributed by atoms with Gasteiger partial charge >= 0.3 is 11.9 Å². The number of carbonyl (C=O) groups excluding carboxylic acids is 2. The lowest BCUT2D eigenvalue weighted by molar-refractivity contribution is -0.297. The second-order valence-corrected chi connectivity index (χ2v) is 18.6. The predicted molar refractivity (Wildman–Crippen MR) is 247 cm³/mol. The van der Waals surface area contributed by atoms with E-state index in [1.54, 1.807) is 0 Å². The van der Waals surface area contributed by atoms with E-state index in [-0.39, 0.29) is 19.4 Å². The Bertz CT molecular complexity index is 1290. The van der Waals surface area contributed by atoms with Gasteiger partial charge in [0, 0.05) is 12.8 Å². The van der Waals surface area contributed by atoms with Gasteiger partial charge in [-0.1, -0.05) is 159 Å². The summed E-state index contributed by atoms with van der Waals surface area (Å²) in [6.45, 7) is 3.74. The summed E-state index contributed by atoms with van der Waals surface area (Å²) < 4.78 is 54.2. The van der Waals surface area contributed by atoms with Crippen LogP contribution in [0.4, 0.5) is 0 Å². The molecule has 12 nitrogen and oxygen atoms in total. The van der Waals surface area contributed by atoms with Crippen LogP contribution in [0.5, 0.6) is 0 Å². The van der Waals surface area contributed by atoms with E-state index in [2.05, 4.69) is 50.3 Å². The number of hydrogen-bond acceptors (Lipinski definition) is 11. The number of aliphatic hydroxyl groups excluding tert-OH is 3. The van der Waals surface area contributed by atoms with Gasteiger partial charge in [-0.05, 0) is 70.6 Å². The van der Waals surface area contributed by atoms with Gasteiger partial charge in [0.1, 0.15) is 36.8 Å². The van der Waals surface area contributed by atoms with Gasteiger partial charge < -0.3 is 34.3 Å². The van der Waals surface area contributed by atoms with E-state index in [4.69, 9.17) is 18.9 Å². The van der Waals surface area contributed by atoms with Crippen molar-refractivity contribution in [3.63, 3.8) is 0 Å². The smallest absolute Gasteiger partial charge is 0.306 e. The summed E-state index contributed by atoms with van der Waals surface area (Å²) in [6.07, 6.45) is 36.0. The Kier molecular flexibility index (Phi) is 36.6. The molecule has 362 valence electrons. The van der Waals surface area contributed by atoms with Crippen LogP contribution in [0.1, 0.15) is 206 Å². The maximum Gasteiger partial charge on any atom is 0.306 e. The van der Waals surface area contributed by atoms with Crippen LogP contribution in [-0.4, -0.2) is 96.0 Å². The minimum atomic E-state index is -4.60. The maximum absolute atomic E-state index is 12.8. The molecule has 1 aliphatic rings. The number of hydrogen-bond donors (Lipinski definition) is 4. The van der Waals surface area contributed by atoms with Gasteiger partial charge in [-0.15, -0.1) is 0 Å². The van der Waals surface area contributed by atoms with E-state index in [1.165, 1.54) is 103 Å². The molecule has 0 radical (unpaired) electrons. The van der Waals surface area contributed by atoms with Crippen molar-refractivity contribution in [3.8, 4) is 0 Å². The molecule has 0 aliphatic carbocycles. The highest BCUT2D eigenvalue weighted by Gasteiger charge is 2.46. The Morgan fingerprint density at radius 2 is 0.968 bits per heavy atom. The second kappa shape index (κ2) is 39.3. The Hall–Kier alpha value is -2.13. The van der Waals surface area contributed by atoms with Crippen molar-refractivity contribution in [1.29, 1.82) is 0 Å². The molecule has 62 heavy (non-hydrogen) atoms. The number of rotatable bonds is 41. The summed E-state index contributed by atoms with van der Waals surface area (Å²) in [5, 5.41) is 30.9. The lowest BCUT2D eigenvalue weighted by Gasteiger charge is -2.40. The molecular weight excluding hydrogens is 813 g/mol. The molecule has 1 fully saturated rings. The van der Waals surface area contributed by atoms with E-state index < -0.39 is 71.2 Å². The molecule has 1 aliphatic heterocycles. The largest absolute Gasteiger partial charge is 0.462 e. The van der Waals surface area contributed by atoms with Crippen molar-refractivity contribution in [2.45, 2.75) is 243 Å². The highest BCUT2D eigenvalue weighted by Crippen LogP contribution is 2.24. The molecule has 1 rings (SSSR count). The molecular formula is C49H88O12S. The lowest BCUT2D eigenvalue weighted by Crippen LogP contribution is -2.60. The van der Waals surface area contributed by atoms with E-state index in [1.807, 2.05) is 0 Å². The van der Waals surface area contributed by atoms with Gasteiger partial charge in [0.25, 0.3) is 10.1 Å². The number of ether oxygens (including phenoxy) is 4. The normalized spacial score (nSPS) is 20.1. The first-order valence-corrected chi connectivity index (χ1v) is 26.2. The zero-order valence-corrected chi connectivity index (χ0v) is 39.5. The van der Waals surface area contributed by atoms with E-state index in [9.17, 15) is 37.9 Å². The van der Waals surface area contributed by atoms with Crippen LogP contribution in [0.25, 0.3) is 0 Å². The topological polar surface area (TPSA) is 186 Å². The molecule has 0 spiro atoms. The molecule has 2 unspecified atom stereocenters. The third-order valence-corrected chi connectivity index (χ3v) is 11.9. The Balaban J connectivity index is 2.41. The summed E-state index contributed by atoms with van der Waals surface area (Å²) in [7, 11) is -4.60. The fourth-order valence-electron chi connectivity index (χ4n) is 7.35. The fraction of sp³-hybridized carbons (Fsp3) is 0.837. The van der Waals surface area contributed by atoms with Crippen molar-refractivity contribution in [3.05, 3.63) is 36.5 Å². The van der Waals surface area contributed by atoms with Gasteiger partial charge in [-0.2, -0.15) is 8.42 Å². The van der Waals surface area contributed by atoms with E-state index in [0.717, 1.165) is 64.2 Å². The number of aliphatic hydroxyl groups is 3. The number of unbranched alkanes of at least 4 members (excludes halogenated alkanes) is 23. The first-order chi connectivity index (χ1) is 30.0. The maximum atomic E-state index is 12.8. The van der Waals surface area contributed by atoms with Crippen LogP contribution in [0.3, 0.4) is 0 Å². The second-order valence-electron chi connectivity index (χ2n) is 17.1. The summed E-state index contributed by atoms with van der Waals surface area (Å²) in [5.41, 5.74) is 0. The van der Waals surface area contributed by atoms with Gasteiger partial charge in [0.05, 0.1) is 6.61 Å². The molecule has 6 atom stereocenters. The molecule has 1 heterocycles. The van der Waals surface area contributed by atoms with E-state index in [0.29, 0.717) is 12.8 Å². The van der Waals surface area contributed by atoms with Crippen LogP contribution >= 0.6 is 0 Å². The van der Waals surface area contributed by atoms with Crippen molar-refractivity contribution in [1.82, 2.24) is 0 Å². The Morgan fingerprint density at radius 3 is 1.47 bits per heavy atom. The van der Waals surface area contributed by atoms with Crippen LogP contribution in [-0.2, 0) is 38.7 Å². The molecule has 13 heteroatoms. The minimum absolute atomic E-state index is 0.155. The molecule has 0 saturated carbocycles. The Labute approximate surface area is 376 Å². The van der Waals surface area contributed by atoms with Crippen LogP contribution < -0.4 is 0 Å². The zero-order chi connectivity index (χ0) is 45.5. The first kappa shape index (κ1) is 57.9. The zero-order valence-electron chi connectivity index (χ0n) is 38.7. The highest BCUT2D eigenvalue weighted by atomic mass is 32.2. The van der Waals surface area contributed by atoms with Gasteiger partial charge in [-0.25, -0.2) is 0 Å². The number of esters is 2. The van der Waals surface area contributed by atoms with Gasteiger partial charge in [0.15, 0.2) is 12.4 Å². The quantitative estimate of drug-likeness (QED) is 0.0197. The molecule has 0 amide bonds. The standard InChI is InChI=1S/C49H88O12S/c1-3-5-7-9-11-13-15-17-19-21-23-25-27-29-31-33-35-37-44(50)58-39-42(40-59-49-48(54)47(53)46(52)43(61-49)41-62(55,56)57)60-45(51)38-36-34-32-30-28-26-24-22-20-18-16-14-12-10-8-6-4-2/h12,14,17-20,42-43,46-49,52-54H,3-11,13,15-16,21-41H2,1-2H3,(H,55,56,57)/b14-12+,19-17+,20-18+/t42-,43-,46-,47?,48?,49+/m1/s1. The summed E-state index contributed by atoms with van der Waals surface area (Å²) in [5.74, 6) is -1.99. The number of allylic oxidation sites excluding steroid dienone is 6. The lowest BCUT2D eigenvalue weighted by atomic mass is 10.00.